The number of hydrogen-bond donors (Lipinski definition) is 0. The Morgan fingerprint density at radius 2 is 1.15 bits per heavy atom. The van der Waals surface area contributed by atoms with Crippen molar-refractivity contribution in [2.24, 2.45) is 32.3 Å². The van der Waals surface area contributed by atoms with Crippen LogP contribution in [0.25, 0.3) is 21.5 Å². The van der Waals surface area contributed by atoms with Gasteiger partial charge in [0.15, 0.2) is 0 Å². The van der Waals surface area contributed by atoms with Gasteiger partial charge in [0.25, 0.3) is 0 Å². The molecule has 0 aliphatic carbocycles. The quantitative estimate of drug-likeness (QED) is 0.0379. The van der Waals surface area contributed by atoms with Crippen LogP contribution in [0.1, 0.15) is 67.2 Å². The summed E-state index contributed by atoms with van der Waals surface area (Å²) in [6.45, 7) is 21.8. The van der Waals surface area contributed by atoms with E-state index in [4.69, 9.17) is 19.7 Å². The third kappa shape index (κ3) is 10.8. The maximum Gasteiger partial charge on any atom is 0.330 e. The van der Waals surface area contributed by atoms with Gasteiger partial charge in [-0.2, -0.15) is 9.42 Å². The van der Waals surface area contributed by atoms with Crippen LogP contribution >= 0.6 is 0 Å². The van der Waals surface area contributed by atoms with Crippen LogP contribution in [0.4, 0.5) is 34.1 Å². The van der Waals surface area contributed by atoms with Crippen LogP contribution in [0.15, 0.2) is 142 Å². The fraction of sp³-hybridized carbons (Fsp3) is 0.373. The topological polar surface area (TPSA) is 146 Å². The molecule has 0 fully saturated rings. The predicted octanol–water partition coefficient (Wildman–Crippen LogP) is 12.5. The van der Waals surface area contributed by atoms with E-state index in [0.29, 0.717) is 28.9 Å². The first-order valence-corrected chi connectivity index (χ1v) is 23.9. The molecule has 5 aromatic rings. The number of carbonyl (C=O) groups excluding carboxylic acids is 2. The zero-order valence-electron chi connectivity index (χ0n) is 38.4. The molecule has 6 rings (SSSR count). The van der Waals surface area contributed by atoms with Crippen LogP contribution in [0, 0.1) is 11.8 Å². The standard InChI is InChI=1S/C51H61N7O6S/c1-9-29-51(8)57(34-36(6)10-2)46-20-16-19-42-45(27-28-47(50(42)46)58(51)35-37(7)11-3)55-54-44-26-25-43(40-17-14-15-18-41(40)44)53-52-38-21-23-39(24-22-38)65(61,62)56(30-32-63-48(59)12-4)31-33-64-49(60)13-5/h12-28,36-37H,4-5,9-11,29-35H2,1-3,6-8H3/b53-52+,55-54+/t36-,37+,51?/m0/s1. The average molecular weight is 900 g/mol. The molecule has 5 aromatic carbocycles. The Bertz CT molecular complexity index is 2630. The van der Waals surface area contributed by atoms with Crippen molar-refractivity contribution in [2.75, 3.05) is 49.2 Å². The van der Waals surface area contributed by atoms with Gasteiger partial charge in [-0.05, 0) is 79.8 Å². The molecule has 1 aliphatic heterocycles. The molecule has 0 N–H and O–H groups in total. The van der Waals surface area contributed by atoms with Crippen LogP contribution in [-0.4, -0.2) is 69.7 Å². The summed E-state index contributed by atoms with van der Waals surface area (Å²) >= 11 is 0. The van der Waals surface area contributed by atoms with E-state index in [1.54, 1.807) is 12.1 Å². The summed E-state index contributed by atoms with van der Waals surface area (Å²) in [7, 11) is -4.09. The number of rotatable bonds is 22. The lowest BCUT2D eigenvalue weighted by atomic mass is 9.89. The number of nitrogens with zero attached hydrogens (tertiary/aromatic N) is 7. The van der Waals surface area contributed by atoms with E-state index < -0.39 is 22.0 Å². The highest BCUT2D eigenvalue weighted by molar-refractivity contribution is 7.89. The lowest BCUT2D eigenvalue weighted by molar-refractivity contribution is -0.137. The first-order valence-electron chi connectivity index (χ1n) is 22.4. The summed E-state index contributed by atoms with van der Waals surface area (Å²) in [6.07, 6.45) is 6.32. The zero-order valence-corrected chi connectivity index (χ0v) is 39.3. The smallest absolute Gasteiger partial charge is 0.330 e. The number of azo groups is 2. The fourth-order valence-electron chi connectivity index (χ4n) is 8.23. The highest BCUT2D eigenvalue weighted by atomic mass is 32.2. The van der Waals surface area contributed by atoms with Gasteiger partial charge in [-0.15, -0.1) is 15.3 Å². The predicted molar refractivity (Wildman–Crippen MR) is 261 cm³/mol. The van der Waals surface area contributed by atoms with E-state index in [-0.39, 0.29) is 36.9 Å². The van der Waals surface area contributed by atoms with Gasteiger partial charge in [0.1, 0.15) is 18.9 Å². The molecule has 0 saturated carbocycles. The molecule has 14 heteroatoms. The molecule has 0 saturated heterocycles. The molecular weight excluding hydrogens is 839 g/mol. The van der Waals surface area contributed by atoms with E-state index in [9.17, 15) is 18.0 Å². The molecule has 1 unspecified atom stereocenters. The molecule has 0 amide bonds. The van der Waals surface area contributed by atoms with E-state index in [1.807, 2.05) is 36.4 Å². The lowest BCUT2D eigenvalue weighted by Crippen LogP contribution is -2.63. The molecule has 0 aromatic heterocycles. The number of ether oxygens (including phenoxy) is 2. The molecule has 3 atom stereocenters. The zero-order chi connectivity index (χ0) is 46.7. The summed E-state index contributed by atoms with van der Waals surface area (Å²) in [5.41, 5.74) is 4.83. The largest absolute Gasteiger partial charge is 0.461 e. The van der Waals surface area contributed by atoms with Gasteiger partial charge in [-0.3, -0.25) is 0 Å². The second-order valence-electron chi connectivity index (χ2n) is 16.7. The van der Waals surface area contributed by atoms with Crippen molar-refractivity contribution in [2.45, 2.75) is 77.8 Å². The fourth-order valence-corrected chi connectivity index (χ4v) is 9.64. The summed E-state index contributed by atoms with van der Waals surface area (Å²) in [5, 5.41) is 22.7. The SMILES string of the molecule is C=CC(=O)OCCN(CCOC(=O)C=C)S(=O)(=O)c1ccc(/N=N/c2ccc(/N=N/c3ccc4c5c(cccc35)N(C[C@@H](C)CC)C(C)(CCC)N4C[C@H](C)CC)c3ccccc23)cc1. The Balaban J connectivity index is 1.28. The normalized spacial score (nSPS) is 16.1. The van der Waals surface area contributed by atoms with Gasteiger partial charge >= 0.3 is 11.9 Å². The Morgan fingerprint density at radius 3 is 1.66 bits per heavy atom. The van der Waals surface area contributed by atoms with Gasteiger partial charge < -0.3 is 19.3 Å². The third-order valence-corrected chi connectivity index (χ3v) is 14.1. The van der Waals surface area contributed by atoms with Gasteiger partial charge in [0.05, 0.1) is 27.6 Å². The number of hydrogen-bond acceptors (Lipinski definition) is 12. The Labute approximate surface area is 383 Å². The minimum absolute atomic E-state index is 0.0284. The average Bonchev–Trinajstić information content (AvgIpc) is 3.32. The number of benzene rings is 5. The van der Waals surface area contributed by atoms with Crippen molar-refractivity contribution in [3.63, 3.8) is 0 Å². The lowest BCUT2D eigenvalue weighted by Gasteiger charge is -2.56. The highest BCUT2D eigenvalue weighted by Crippen LogP contribution is 2.50. The molecule has 13 nitrogen and oxygen atoms in total. The summed E-state index contributed by atoms with van der Waals surface area (Å²) < 4.78 is 38.4. The Kier molecular flexibility index (Phi) is 16.0. The van der Waals surface area contributed by atoms with Crippen LogP contribution in [0.5, 0.6) is 0 Å². The Hall–Kier alpha value is -6.25. The van der Waals surface area contributed by atoms with Crippen molar-refractivity contribution >= 4 is 77.6 Å². The number of esters is 2. The van der Waals surface area contributed by atoms with Crippen LogP contribution in [0.2, 0.25) is 0 Å². The monoisotopic (exact) mass is 899 g/mol. The maximum atomic E-state index is 13.6. The van der Waals surface area contributed by atoms with Gasteiger partial charge in [-0.1, -0.05) is 103 Å². The van der Waals surface area contributed by atoms with Crippen LogP contribution < -0.4 is 9.80 Å². The second-order valence-corrected chi connectivity index (χ2v) is 18.6. The first kappa shape index (κ1) is 48.2. The van der Waals surface area contributed by atoms with E-state index >= 15 is 0 Å². The Morgan fingerprint density at radius 1 is 0.677 bits per heavy atom. The second kappa shape index (κ2) is 21.6. The van der Waals surface area contributed by atoms with Crippen molar-refractivity contribution < 1.29 is 27.5 Å². The molecule has 0 spiro atoms. The van der Waals surface area contributed by atoms with E-state index in [2.05, 4.69) is 105 Å². The minimum atomic E-state index is -4.09. The van der Waals surface area contributed by atoms with Crippen molar-refractivity contribution in [3.8, 4) is 0 Å². The van der Waals surface area contributed by atoms with Crippen LogP contribution in [-0.2, 0) is 29.1 Å². The van der Waals surface area contributed by atoms with Gasteiger partial charge in [0.2, 0.25) is 10.0 Å². The van der Waals surface area contributed by atoms with E-state index in [0.717, 1.165) is 77.1 Å². The van der Waals surface area contributed by atoms with Crippen molar-refractivity contribution in [3.05, 3.63) is 116 Å². The molecular formula is C51H61N7O6S. The van der Waals surface area contributed by atoms with Gasteiger partial charge in [0, 0.05) is 71.3 Å². The summed E-state index contributed by atoms with van der Waals surface area (Å²) in [4.78, 5) is 28.5. The molecule has 342 valence electrons. The molecule has 1 heterocycles. The first-order chi connectivity index (χ1) is 31.3. The number of anilines is 2. The number of sulfonamides is 1. The highest BCUT2D eigenvalue weighted by Gasteiger charge is 2.43. The number of fused-ring (bicyclic) bond motifs is 1. The third-order valence-electron chi connectivity index (χ3n) is 12.2. The maximum absolute atomic E-state index is 13.6. The number of carbonyl (C=O) groups is 2. The van der Waals surface area contributed by atoms with Crippen molar-refractivity contribution in [1.82, 2.24) is 4.31 Å². The molecule has 0 radical (unpaired) electrons. The minimum Gasteiger partial charge on any atom is -0.461 e. The van der Waals surface area contributed by atoms with E-state index in [1.165, 1.54) is 28.9 Å². The van der Waals surface area contributed by atoms with Crippen LogP contribution in [0.3, 0.4) is 0 Å². The summed E-state index contributed by atoms with van der Waals surface area (Å²) in [6, 6.07) is 28.4. The molecule has 1 aliphatic rings. The van der Waals surface area contributed by atoms with Crippen molar-refractivity contribution in [1.29, 1.82) is 0 Å². The molecule has 65 heavy (non-hydrogen) atoms. The van der Waals surface area contributed by atoms with Gasteiger partial charge in [-0.25, -0.2) is 18.0 Å². The molecule has 0 bridgehead atoms. The summed E-state index contributed by atoms with van der Waals surface area (Å²) in [5.74, 6) is -0.324.